The van der Waals surface area contributed by atoms with Crippen LogP contribution in [0.3, 0.4) is 0 Å². The van der Waals surface area contributed by atoms with Gasteiger partial charge in [0.25, 0.3) is 0 Å². The Labute approximate surface area is 110 Å². The second kappa shape index (κ2) is 7.15. The fourth-order valence-electron chi connectivity index (χ4n) is 1.44. The van der Waals surface area contributed by atoms with Gasteiger partial charge in [-0.2, -0.15) is 0 Å². The van der Waals surface area contributed by atoms with E-state index in [0.29, 0.717) is 0 Å². The molecule has 102 valence electrons. The molecule has 6 nitrogen and oxygen atoms in total. The highest BCUT2D eigenvalue weighted by atomic mass is 16.5. The van der Waals surface area contributed by atoms with Crippen molar-refractivity contribution in [2.75, 3.05) is 6.61 Å². The summed E-state index contributed by atoms with van der Waals surface area (Å²) < 4.78 is 4.58. The Morgan fingerprint density at radius 1 is 1.26 bits per heavy atom. The molecule has 0 radical (unpaired) electrons. The number of carbonyl (C=O) groups excluding carboxylic acids is 2. The Morgan fingerprint density at radius 3 is 2.42 bits per heavy atom. The van der Waals surface area contributed by atoms with Gasteiger partial charge in [0.1, 0.15) is 0 Å². The maximum Gasteiger partial charge on any atom is 0.340 e. The monoisotopic (exact) mass is 265 g/mol. The van der Waals surface area contributed by atoms with Crippen molar-refractivity contribution in [2.45, 2.75) is 19.4 Å². The lowest BCUT2D eigenvalue weighted by Crippen LogP contribution is -2.47. The lowest BCUT2D eigenvalue weighted by atomic mass is 10.1. The van der Waals surface area contributed by atoms with Crippen LogP contribution in [0.1, 0.15) is 12.5 Å². The molecule has 0 fully saturated rings. The summed E-state index contributed by atoms with van der Waals surface area (Å²) in [6, 6.07) is 7.14. The summed E-state index contributed by atoms with van der Waals surface area (Å²) in [6.45, 7) is 1.61. The number of amides is 1. The zero-order chi connectivity index (χ0) is 14.3. The second-order valence-electron chi connectivity index (χ2n) is 3.75. The van der Waals surface area contributed by atoms with Gasteiger partial charge in [0.05, 0.1) is 13.0 Å². The molecule has 0 aliphatic heterocycles. The first kappa shape index (κ1) is 14.7. The number of hydrogen-bond acceptors (Lipinski definition) is 4. The van der Waals surface area contributed by atoms with Gasteiger partial charge in [-0.1, -0.05) is 30.3 Å². The van der Waals surface area contributed by atoms with Crippen molar-refractivity contribution >= 4 is 17.8 Å². The smallest absolute Gasteiger partial charge is 0.340 e. The van der Waals surface area contributed by atoms with Gasteiger partial charge < -0.3 is 15.2 Å². The summed E-state index contributed by atoms with van der Waals surface area (Å²) in [5, 5.41) is 11.0. The van der Waals surface area contributed by atoms with E-state index < -0.39 is 23.9 Å². The van der Waals surface area contributed by atoms with Crippen molar-refractivity contribution in [3.05, 3.63) is 35.9 Å². The summed E-state index contributed by atoms with van der Waals surface area (Å²) in [5.74, 6) is -2.97. The van der Waals surface area contributed by atoms with E-state index in [-0.39, 0.29) is 13.0 Å². The van der Waals surface area contributed by atoms with Crippen LogP contribution in [0.2, 0.25) is 0 Å². The molecule has 6 heteroatoms. The van der Waals surface area contributed by atoms with Crippen LogP contribution < -0.4 is 5.32 Å². The summed E-state index contributed by atoms with van der Waals surface area (Å²) in [5.41, 5.74) is 0.730. The molecule has 1 amide bonds. The highest BCUT2D eigenvalue weighted by Crippen LogP contribution is 2.00. The number of hydrogen-bond donors (Lipinski definition) is 2. The first-order valence-corrected chi connectivity index (χ1v) is 5.77. The molecule has 0 heterocycles. The van der Waals surface area contributed by atoms with Crippen LogP contribution in [0.4, 0.5) is 0 Å². The number of benzene rings is 1. The van der Waals surface area contributed by atoms with Crippen molar-refractivity contribution < 1.29 is 24.2 Å². The molecule has 19 heavy (non-hydrogen) atoms. The normalized spacial score (nSPS) is 11.4. The van der Waals surface area contributed by atoms with Gasteiger partial charge >= 0.3 is 11.9 Å². The van der Waals surface area contributed by atoms with E-state index >= 15 is 0 Å². The quantitative estimate of drug-likeness (QED) is 0.572. The van der Waals surface area contributed by atoms with Crippen molar-refractivity contribution in [3.8, 4) is 0 Å². The average Bonchev–Trinajstić information content (AvgIpc) is 2.37. The van der Waals surface area contributed by atoms with Crippen LogP contribution in [0.5, 0.6) is 0 Å². The maximum absolute atomic E-state index is 11.7. The van der Waals surface area contributed by atoms with Crippen molar-refractivity contribution in [3.63, 3.8) is 0 Å². The van der Waals surface area contributed by atoms with Gasteiger partial charge in [-0.3, -0.25) is 4.79 Å². The topological polar surface area (TPSA) is 92.7 Å². The van der Waals surface area contributed by atoms with Crippen LogP contribution in [0.25, 0.3) is 0 Å². The number of nitrogens with one attached hydrogen (secondary N) is 1. The molecule has 0 spiro atoms. The molecule has 0 saturated heterocycles. The summed E-state index contributed by atoms with van der Waals surface area (Å²) in [7, 11) is 0. The third-order valence-corrected chi connectivity index (χ3v) is 2.28. The minimum Gasteiger partial charge on any atom is -0.479 e. The number of carboxylic acids is 1. The van der Waals surface area contributed by atoms with E-state index in [1.165, 1.54) is 0 Å². The average molecular weight is 265 g/mol. The van der Waals surface area contributed by atoms with Crippen molar-refractivity contribution in [1.29, 1.82) is 0 Å². The largest absolute Gasteiger partial charge is 0.479 e. The third-order valence-electron chi connectivity index (χ3n) is 2.28. The molecular formula is C13H15NO5. The molecule has 1 aromatic carbocycles. The number of aliphatic carboxylic acids is 1. The Kier molecular flexibility index (Phi) is 5.53. The van der Waals surface area contributed by atoms with Crippen LogP contribution in [0.15, 0.2) is 30.3 Å². The van der Waals surface area contributed by atoms with Crippen LogP contribution in [-0.4, -0.2) is 35.6 Å². The second-order valence-corrected chi connectivity index (χ2v) is 3.75. The number of carboxylic acid groups (broad SMARTS) is 1. The van der Waals surface area contributed by atoms with Gasteiger partial charge in [-0.25, -0.2) is 9.59 Å². The van der Waals surface area contributed by atoms with Gasteiger partial charge in [0, 0.05) is 0 Å². The van der Waals surface area contributed by atoms with Gasteiger partial charge in [0.2, 0.25) is 11.9 Å². The zero-order valence-electron chi connectivity index (χ0n) is 10.5. The fourth-order valence-corrected chi connectivity index (χ4v) is 1.44. The molecule has 0 unspecified atom stereocenters. The highest BCUT2D eigenvalue weighted by molar-refractivity contribution is 6.01. The van der Waals surface area contributed by atoms with Gasteiger partial charge in [-0.05, 0) is 12.5 Å². The van der Waals surface area contributed by atoms with Crippen LogP contribution in [0, 0.1) is 0 Å². The Morgan fingerprint density at radius 2 is 1.89 bits per heavy atom. The molecular weight excluding hydrogens is 250 g/mol. The Bertz CT molecular complexity index is 457. The number of esters is 1. The summed E-state index contributed by atoms with van der Waals surface area (Å²) in [4.78, 5) is 33.9. The Balaban J connectivity index is 2.62. The van der Waals surface area contributed by atoms with Gasteiger partial charge in [-0.15, -0.1) is 0 Å². The summed E-state index contributed by atoms with van der Waals surface area (Å²) in [6.07, 6.45) is 0.00399. The lowest BCUT2D eigenvalue weighted by molar-refractivity contribution is -0.156. The van der Waals surface area contributed by atoms with E-state index in [0.717, 1.165) is 5.56 Å². The lowest BCUT2D eigenvalue weighted by Gasteiger charge is -2.13. The number of ether oxygens (including phenoxy) is 1. The molecule has 0 saturated carbocycles. The molecule has 2 N–H and O–H groups in total. The number of carbonyl (C=O) groups is 3. The fraction of sp³-hybridized carbons (Fsp3) is 0.308. The standard InChI is InChI=1S/C13H15NO5/c1-2-19-13(18)11(12(16)17)14-10(15)8-9-6-4-3-5-7-9/h3-7,11H,2,8H2,1H3,(H,14,15)(H,16,17)/t11-/m1/s1. The molecule has 0 bridgehead atoms. The molecule has 1 aromatic rings. The first-order valence-electron chi connectivity index (χ1n) is 5.77. The van der Waals surface area contributed by atoms with E-state index in [1.54, 1.807) is 37.3 Å². The molecule has 1 rings (SSSR count). The molecule has 0 aromatic heterocycles. The van der Waals surface area contributed by atoms with E-state index in [1.807, 2.05) is 0 Å². The van der Waals surface area contributed by atoms with E-state index in [2.05, 4.69) is 10.1 Å². The third kappa shape index (κ3) is 4.79. The Hall–Kier alpha value is -2.37. The maximum atomic E-state index is 11.7. The SMILES string of the molecule is CCOC(=O)[C@H](NC(=O)Cc1ccccc1)C(=O)O. The van der Waals surface area contributed by atoms with E-state index in [9.17, 15) is 14.4 Å². The molecule has 1 atom stereocenters. The van der Waals surface area contributed by atoms with Crippen molar-refractivity contribution in [2.24, 2.45) is 0 Å². The molecule has 0 aliphatic rings. The minimum absolute atomic E-state index is 0.00399. The number of rotatable bonds is 6. The molecule has 0 aliphatic carbocycles. The predicted molar refractivity (Wildman–Crippen MR) is 66.3 cm³/mol. The van der Waals surface area contributed by atoms with Crippen LogP contribution >= 0.6 is 0 Å². The van der Waals surface area contributed by atoms with Crippen molar-refractivity contribution in [1.82, 2.24) is 5.32 Å². The minimum atomic E-state index is -1.67. The van der Waals surface area contributed by atoms with Crippen LogP contribution in [-0.2, 0) is 25.5 Å². The first-order chi connectivity index (χ1) is 9.04. The highest BCUT2D eigenvalue weighted by Gasteiger charge is 2.29. The zero-order valence-corrected chi connectivity index (χ0v) is 10.5. The predicted octanol–water partition coefficient (Wildman–Crippen LogP) is 0.362. The van der Waals surface area contributed by atoms with Gasteiger partial charge in [0.15, 0.2) is 0 Å². The summed E-state index contributed by atoms with van der Waals surface area (Å²) >= 11 is 0. The van der Waals surface area contributed by atoms with E-state index in [4.69, 9.17) is 5.11 Å².